The monoisotopic (exact) mass is 342 g/mol. The van der Waals surface area contributed by atoms with Crippen molar-refractivity contribution in [1.82, 2.24) is 5.32 Å². The lowest BCUT2D eigenvalue weighted by Crippen LogP contribution is -2.35. The van der Waals surface area contributed by atoms with Gasteiger partial charge in [0.15, 0.2) is 5.11 Å². The molecule has 7 heteroatoms. The zero-order valence-electron chi connectivity index (χ0n) is 13.2. The summed E-state index contributed by atoms with van der Waals surface area (Å²) in [6, 6.07) is 0. The Bertz CT molecular complexity index is 551. The van der Waals surface area contributed by atoms with Gasteiger partial charge in [-0.1, -0.05) is 6.92 Å². The van der Waals surface area contributed by atoms with E-state index in [1.165, 1.54) is 18.4 Å². The Hall–Kier alpha value is -1.18. The van der Waals surface area contributed by atoms with E-state index in [4.69, 9.17) is 21.7 Å². The van der Waals surface area contributed by atoms with Crippen molar-refractivity contribution in [3.05, 3.63) is 16.0 Å². The van der Waals surface area contributed by atoms with E-state index in [0.29, 0.717) is 17.2 Å². The molecule has 0 saturated carbocycles. The van der Waals surface area contributed by atoms with Crippen molar-refractivity contribution in [2.24, 2.45) is 0 Å². The van der Waals surface area contributed by atoms with Gasteiger partial charge in [0.2, 0.25) is 0 Å². The smallest absolute Gasteiger partial charge is 0.341 e. The molecule has 0 radical (unpaired) electrons. The van der Waals surface area contributed by atoms with E-state index in [2.05, 4.69) is 10.6 Å². The number of thiocarbonyl (C=S) groups is 1. The topological polar surface area (TPSA) is 59.6 Å². The maximum atomic E-state index is 12.0. The summed E-state index contributed by atoms with van der Waals surface area (Å²) in [5.74, 6) is -0.328. The van der Waals surface area contributed by atoms with Gasteiger partial charge in [-0.3, -0.25) is 0 Å². The molecule has 1 aromatic rings. The number of nitrogens with one attached hydrogen (secondary N) is 2. The van der Waals surface area contributed by atoms with Gasteiger partial charge in [0.05, 0.1) is 18.8 Å². The fourth-order valence-corrected chi connectivity index (χ4v) is 3.96. The van der Waals surface area contributed by atoms with Crippen LogP contribution >= 0.6 is 23.6 Å². The fraction of sp³-hybridized carbons (Fsp3) is 0.600. The van der Waals surface area contributed by atoms with Crippen molar-refractivity contribution in [2.75, 3.05) is 25.6 Å². The van der Waals surface area contributed by atoms with Crippen LogP contribution in [-0.2, 0) is 15.9 Å². The number of methoxy groups -OCH3 is 1. The predicted octanol–water partition coefficient (Wildman–Crippen LogP) is 2.87. The van der Waals surface area contributed by atoms with Crippen LogP contribution in [0.1, 0.15) is 40.6 Å². The zero-order chi connectivity index (χ0) is 16.1. The van der Waals surface area contributed by atoms with E-state index in [1.54, 1.807) is 0 Å². The summed E-state index contributed by atoms with van der Waals surface area (Å²) in [5, 5.41) is 7.53. The number of anilines is 1. The molecular formula is C15H22N2O3S2. The quantitative estimate of drug-likeness (QED) is 0.634. The molecule has 1 aliphatic heterocycles. The average molecular weight is 342 g/mol. The number of rotatable bonds is 5. The lowest BCUT2D eigenvalue weighted by atomic mass is 10.1. The molecule has 22 heavy (non-hydrogen) atoms. The Morgan fingerprint density at radius 1 is 1.55 bits per heavy atom. The molecule has 1 aromatic heterocycles. The molecule has 2 heterocycles. The van der Waals surface area contributed by atoms with Crippen LogP contribution in [0, 0.1) is 6.92 Å². The highest BCUT2D eigenvalue weighted by molar-refractivity contribution is 7.80. The first-order valence-corrected chi connectivity index (χ1v) is 8.66. The van der Waals surface area contributed by atoms with Crippen molar-refractivity contribution in [1.29, 1.82) is 0 Å². The number of ether oxygens (including phenoxy) is 2. The number of thiophene rings is 1. The third-order valence-corrected chi connectivity index (χ3v) is 5.00. The highest BCUT2D eigenvalue weighted by Gasteiger charge is 2.22. The van der Waals surface area contributed by atoms with Gasteiger partial charge in [-0.15, -0.1) is 11.3 Å². The molecule has 1 saturated heterocycles. The Kier molecular flexibility index (Phi) is 6.16. The van der Waals surface area contributed by atoms with Crippen molar-refractivity contribution in [3.63, 3.8) is 0 Å². The summed E-state index contributed by atoms with van der Waals surface area (Å²) in [5.41, 5.74) is 1.61. The third-order valence-electron chi connectivity index (χ3n) is 3.69. The van der Waals surface area contributed by atoms with E-state index in [1.807, 2.05) is 13.8 Å². The molecule has 1 atom stereocenters. The summed E-state index contributed by atoms with van der Waals surface area (Å²) in [7, 11) is 1.40. The Morgan fingerprint density at radius 2 is 2.32 bits per heavy atom. The minimum absolute atomic E-state index is 0.219. The van der Waals surface area contributed by atoms with Crippen LogP contribution < -0.4 is 10.6 Å². The Labute approximate surface area is 140 Å². The number of esters is 1. The Balaban J connectivity index is 2.04. The molecule has 1 aliphatic rings. The second-order valence-corrected chi connectivity index (χ2v) is 6.79. The van der Waals surface area contributed by atoms with E-state index in [9.17, 15) is 4.79 Å². The summed E-state index contributed by atoms with van der Waals surface area (Å²) in [6.07, 6.45) is 3.16. The predicted molar refractivity (Wildman–Crippen MR) is 93.0 cm³/mol. The van der Waals surface area contributed by atoms with Gasteiger partial charge in [0.25, 0.3) is 0 Å². The molecule has 2 rings (SSSR count). The molecule has 0 spiro atoms. The second-order valence-electron chi connectivity index (χ2n) is 5.16. The van der Waals surface area contributed by atoms with E-state index in [-0.39, 0.29) is 12.1 Å². The minimum Gasteiger partial charge on any atom is -0.465 e. The zero-order valence-corrected chi connectivity index (χ0v) is 14.8. The first kappa shape index (κ1) is 17.2. The molecule has 5 nitrogen and oxygen atoms in total. The molecular weight excluding hydrogens is 320 g/mol. The molecule has 1 fully saturated rings. The van der Waals surface area contributed by atoms with Crippen LogP contribution in [0.5, 0.6) is 0 Å². The van der Waals surface area contributed by atoms with E-state index < -0.39 is 0 Å². The summed E-state index contributed by atoms with van der Waals surface area (Å²) in [6.45, 7) is 5.54. The number of aryl methyl sites for hydroxylation is 1. The van der Waals surface area contributed by atoms with Gasteiger partial charge in [-0.25, -0.2) is 4.79 Å². The molecule has 0 aliphatic carbocycles. The number of hydrogen-bond acceptors (Lipinski definition) is 5. The number of hydrogen-bond donors (Lipinski definition) is 2. The third kappa shape index (κ3) is 3.97. The van der Waals surface area contributed by atoms with Gasteiger partial charge in [0.1, 0.15) is 5.00 Å². The van der Waals surface area contributed by atoms with E-state index >= 15 is 0 Å². The highest BCUT2D eigenvalue weighted by atomic mass is 32.1. The summed E-state index contributed by atoms with van der Waals surface area (Å²) >= 11 is 6.84. The van der Waals surface area contributed by atoms with Crippen LogP contribution in [-0.4, -0.2) is 37.4 Å². The fourth-order valence-electron chi connectivity index (χ4n) is 2.57. The van der Waals surface area contributed by atoms with Crippen LogP contribution in [0.4, 0.5) is 5.00 Å². The lowest BCUT2D eigenvalue weighted by molar-refractivity contribution is 0.0601. The van der Waals surface area contributed by atoms with Crippen LogP contribution in [0.15, 0.2) is 0 Å². The minimum atomic E-state index is -0.328. The van der Waals surface area contributed by atoms with Gasteiger partial charge < -0.3 is 20.1 Å². The maximum Gasteiger partial charge on any atom is 0.341 e. The standard InChI is InChI=1S/C15H22N2O3S2/c1-4-11-9(2)22-13(12(11)14(18)19-3)17-15(21)16-8-10-6-5-7-20-10/h10H,4-8H2,1-3H3,(H2,16,17,21). The Morgan fingerprint density at radius 3 is 2.91 bits per heavy atom. The van der Waals surface area contributed by atoms with E-state index in [0.717, 1.165) is 41.3 Å². The maximum absolute atomic E-state index is 12.0. The SMILES string of the molecule is CCc1c(C)sc(NC(=S)NCC2CCCO2)c1C(=O)OC. The molecule has 2 N–H and O–H groups in total. The lowest BCUT2D eigenvalue weighted by Gasteiger charge is -2.14. The van der Waals surface area contributed by atoms with Crippen molar-refractivity contribution in [2.45, 2.75) is 39.2 Å². The van der Waals surface area contributed by atoms with Crippen LogP contribution in [0.25, 0.3) is 0 Å². The van der Waals surface area contributed by atoms with Gasteiger partial charge in [0, 0.05) is 18.0 Å². The molecule has 0 bridgehead atoms. The van der Waals surface area contributed by atoms with Crippen molar-refractivity contribution < 1.29 is 14.3 Å². The second kappa shape index (κ2) is 7.89. The number of carbonyl (C=O) groups excluding carboxylic acids is 1. The average Bonchev–Trinajstić information content (AvgIpc) is 3.11. The summed E-state index contributed by atoms with van der Waals surface area (Å²) in [4.78, 5) is 13.1. The normalized spacial score (nSPS) is 17.3. The van der Waals surface area contributed by atoms with Gasteiger partial charge in [-0.2, -0.15) is 0 Å². The van der Waals surface area contributed by atoms with Crippen molar-refractivity contribution in [3.8, 4) is 0 Å². The summed E-state index contributed by atoms with van der Waals surface area (Å²) < 4.78 is 10.5. The molecule has 122 valence electrons. The molecule has 0 amide bonds. The first-order chi connectivity index (χ1) is 10.6. The van der Waals surface area contributed by atoms with Crippen LogP contribution in [0.2, 0.25) is 0 Å². The molecule has 1 unspecified atom stereocenters. The largest absolute Gasteiger partial charge is 0.465 e. The van der Waals surface area contributed by atoms with Crippen molar-refractivity contribution >= 4 is 39.6 Å². The van der Waals surface area contributed by atoms with Gasteiger partial charge >= 0.3 is 5.97 Å². The van der Waals surface area contributed by atoms with Crippen LogP contribution in [0.3, 0.4) is 0 Å². The highest BCUT2D eigenvalue weighted by Crippen LogP contribution is 2.33. The van der Waals surface area contributed by atoms with Gasteiger partial charge in [-0.05, 0) is 44.0 Å². The molecule has 0 aromatic carbocycles. The first-order valence-electron chi connectivity index (χ1n) is 7.43. The number of carbonyl (C=O) groups is 1.